The minimum Gasteiger partial charge on any atom is -0.309 e. The minimum absolute atomic E-state index is 0.0898. The van der Waals surface area contributed by atoms with Gasteiger partial charge in [0.2, 0.25) is 0 Å². The van der Waals surface area contributed by atoms with Crippen molar-refractivity contribution >= 4 is 16.5 Å². The Labute approximate surface area is 180 Å². The van der Waals surface area contributed by atoms with Gasteiger partial charge < -0.3 is 4.57 Å². The van der Waals surface area contributed by atoms with Crippen molar-refractivity contribution in [2.45, 2.75) is 6.92 Å². The van der Waals surface area contributed by atoms with Crippen LogP contribution in [0.1, 0.15) is 5.56 Å². The number of fused-ring (bicyclic) bond motifs is 1. The maximum Gasteiger partial charge on any atom is 0.269 e. The summed E-state index contributed by atoms with van der Waals surface area (Å²) in [5.74, 6) is 0. The first kappa shape index (κ1) is 18.8. The number of non-ortho nitro benzene ring substituents is 1. The van der Waals surface area contributed by atoms with Crippen molar-refractivity contribution in [3.8, 4) is 28.2 Å². The van der Waals surface area contributed by atoms with Crippen molar-refractivity contribution in [2.75, 3.05) is 0 Å². The predicted octanol–water partition coefficient (Wildman–Crippen LogP) is 7.18. The molecule has 0 saturated heterocycles. The molecule has 0 aliphatic rings. The Hall–Kier alpha value is -4.18. The molecule has 5 aromatic rings. The number of benzene rings is 4. The number of rotatable bonds is 4. The summed E-state index contributed by atoms with van der Waals surface area (Å²) in [6.45, 7) is 2.07. The lowest BCUT2D eigenvalue weighted by Gasteiger charge is -2.15. The third-order valence-corrected chi connectivity index (χ3v) is 5.59. The van der Waals surface area contributed by atoms with E-state index in [-0.39, 0.29) is 10.6 Å². The lowest BCUT2D eigenvalue weighted by Crippen LogP contribution is -1.99. The summed E-state index contributed by atoms with van der Waals surface area (Å²) in [5, 5.41) is 13.5. The number of hydrogen-bond donors (Lipinski definition) is 0. The van der Waals surface area contributed by atoms with Gasteiger partial charge in [0, 0.05) is 17.8 Å². The van der Waals surface area contributed by atoms with Crippen molar-refractivity contribution in [2.24, 2.45) is 0 Å². The zero-order valence-corrected chi connectivity index (χ0v) is 17.0. The van der Waals surface area contributed by atoms with Crippen molar-refractivity contribution in [1.82, 2.24) is 4.57 Å². The van der Waals surface area contributed by atoms with Gasteiger partial charge in [0.25, 0.3) is 5.69 Å². The summed E-state index contributed by atoms with van der Waals surface area (Å²) < 4.78 is 2.21. The van der Waals surface area contributed by atoms with Crippen LogP contribution in [-0.4, -0.2) is 9.49 Å². The summed E-state index contributed by atoms with van der Waals surface area (Å²) in [6.07, 6.45) is 0. The first-order valence-electron chi connectivity index (χ1n) is 10.1. The van der Waals surface area contributed by atoms with E-state index < -0.39 is 0 Å². The van der Waals surface area contributed by atoms with Gasteiger partial charge in [-0.2, -0.15) is 0 Å². The molecular weight excluding hydrogens is 384 g/mol. The first-order valence-corrected chi connectivity index (χ1v) is 10.1. The van der Waals surface area contributed by atoms with E-state index in [1.54, 1.807) is 12.1 Å². The largest absolute Gasteiger partial charge is 0.309 e. The van der Waals surface area contributed by atoms with E-state index in [9.17, 15) is 10.1 Å². The fraction of sp³-hybridized carbons (Fsp3) is 0.0370. The molecule has 0 N–H and O–H groups in total. The summed E-state index contributed by atoms with van der Waals surface area (Å²) in [7, 11) is 0. The third-order valence-electron chi connectivity index (χ3n) is 5.59. The molecular formula is C27H20N2O2. The average molecular weight is 404 g/mol. The van der Waals surface area contributed by atoms with Crippen molar-refractivity contribution in [1.29, 1.82) is 0 Å². The molecule has 31 heavy (non-hydrogen) atoms. The SMILES string of the molecule is Cc1ccc(-n2c(-c3ccc([N+](=O)[O-])cc3)ccc2-c2ccc3ccccc3c2)cc1. The van der Waals surface area contributed by atoms with Crippen LogP contribution in [-0.2, 0) is 0 Å². The highest BCUT2D eigenvalue weighted by Crippen LogP contribution is 2.34. The topological polar surface area (TPSA) is 48.1 Å². The highest BCUT2D eigenvalue weighted by molar-refractivity contribution is 5.87. The second-order valence-electron chi connectivity index (χ2n) is 7.64. The molecule has 0 amide bonds. The summed E-state index contributed by atoms with van der Waals surface area (Å²) >= 11 is 0. The molecule has 5 rings (SSSR count). The van der Waals surface area contributed by atoms with E-state index in [1.165, 1.54) is 16.3 Å². The molecule has 0 atom stereocenters. The van der Waals surface area contributed by atoms with Crippen LogP contribution in [0.3, 0.4) is 0 Å². The molecule has 0 radical (unpaired) electrons. The Morgan fingerprint density at radius 3 is 1.97 bits per heavy atom. The van der Waals surface area contributed by atoms with Crippen LogP contribution in [0.25, 0.3) is 39.0 Å². The Morgan fingerprint density at radius 1 is 0.677 bits per heavy atom. The second-order valence-corrected chi connectivity index (χ2v) is 7.64. The van der Waals surface area contributed by atoms with Gasteiger partial charge in [-0.05, 0) is 71.3 Å². The number of aryl methyl sites for hydroxylation is 1. The average Bonchev–Trinajstić information content (AvgIpc) is 3.24. The molecule has 4 aromatic carbocycles. The Bertz CT molecular complexity index is 1400. The van der Waals surface area contributed by atoms with Gasteiger partial charge in [0.05, 0.1) is 16.3 Å². The second kappa shape index (κ2) is 7.58. The highest BCUT2D eigenvalue weighted by Gasteiger charge is 2.15. The smallest absolute Gasteiger partial charge is 0.269 e. The Morgan fingerprint density at radius 2 is 1.29 bits per heavy atom. The van der Waals surface area contributed by atoms with E-state index in [1.807, 2.05) is 24.3 Å². The first-order chi connectivity index (χ1) is 15.1. The van der Waals surface area contributed by atoms with Gasteiger partial charge in [0.1, 0.15) is 0 Å². The number of hydrogen-bond acceptors (Lipinski definition) is 2. The number of nitrogens with zero attached hydrogens (tertiary/aromatic N) is 2. The van der Waals surface area contributed by atoms with E-state index >= 15 is 0 Å². The van der Waals surface area contributed by atoms with E-state index in [4.69, 9.17) is 0 Å². The molecule has 1 aromatic heterocycles. The monoisotopic (exact) mass is 404 g/mol. The van der Waals surface area contributed by atoms with Gasteiger partial charge in [0.15, 0.2) is 0 Å². The molecule has 150 valence electrons. The van der Waals surface area contributed by atoms with Crippen LogP contribution in [0.2, 0.25) is 0 Å². The zero-order valence-electron chi connectivity index (χ0n) is 17.0. The maximum absolute atomic E-state index is 11.1. The van der Waals surface area contributed by atoms with Crippen molar-refractivity contribution in [3.05, 3.63) is 119 Å². The molecule has 0 bridgehead atoms. The fourth-order valence-electron chi connectivity index (χ4n) is 3.96. The standard InChI is InChI=1S/C27H20N2O2/c1-19-6-12-24(13-7-19)28-26(21-10-14-25(15-11-21)29(30)31)16-17-27(28)23-9-8-20-4-2-3-5-22(20)18-23/h2-18H,1H3. The minimum atomic E-state index is -0.372. The molecule has 0 unspecified atom stereocenters. The van der Waals surface area contributed by atoms with Gasteiger partial charge >= 0.3 is 0 Å². The van der Waals surface area contributed by atoms with Crippen LogP contribution in [0.4, 0.5) is 5.69 Å². The lowest BCUT2D eigenvalue weighted by atomic mass is 10.0. The third kappa shape index (κ3) is 3.49. The van der Waals surface area contributed by atoms with Crippen LogP contribution < -0.4 is 0 Å². The Kier molecular flexibility index (Phi) is 4.60. The molecule has 0 saturated carbocycles. The van der Waals surface area contributed by atoms with E-state index in [0.717, 1.165) is 28.2 Å². The van der Waals surface area contributed by atoms with Crippen LogP contribution >= 0.6 is 0 Å². The zero-order chi connectivity index (χ0) is 21.4. The highest BCUT2D eigenvalue weighted by atomic mass is 16.6. The number of nitro groups is 1. The summed E-state index contributed by atoms with van der Waals surface area (Å²) in [4.78, 5) is 10.7. The van der Waals surface area contributed by atoms with Gasteiger partial charge in [-0.15, -0.1) is 0 Å². The fourth-order valence-corrected chi connectivity index (χ4v) is 3.96. The normalized spacial score (nSPS) is 11.0. The predicted molar refractivity (Wildman–Crippen MR) is 126 cm³/mol. The molecule has 4 heteroatoms. The Balaban J connectivity index is 1.71. The van der Waals surface area contributed by atoms with E-state index in [0.29, 0.717) is 0 Å². The van der Waals surface area contributed by atoms with Crippen molar-refractivity contribution in [3.63, 3.8) is 0 Å². The summed E-state index contributed by atoms with van der Waals surface area (Å²) in [6, 6.07) is 34.1. The van der Waals surface area contributed by atoms with Gasteiger partial charge in [-0.3, -0.25) is 10.1 Å². The molecule has 0 spiro atoms. The van der Waals surface area contributed by atoms with Crippen LogP contribution in [0, 0.1) is 17.0 Å². The van der Waals surface area contributed by atoms with Gasteiger partial charge in [-0.1, -0.05) is 54.1 Å². The molecule has 1 heterocycles. The number of nitro benzene ring substituents is 1. The van der Waals surface area contributed by atoms with Crippen molar-refractivity contribution < 1.29 is 4.92 Å². The van der Waals surface area contributed by atoms with Crippen LogP contribution in [0.15, 0.2) is 103 Å². The van der Waals surface area contributed by atoms with Gasteiger partial charge in [-0.25, -0.2) is 0 Å². The molecule has 0 aliphatic carbocycles. The quantitative estimate of drug-likeness (QED) is 0.235. The maximum atomic E-state index is 11.1. The summed E-state index contributed by atoms with van der Waals surface area (Å²) in [5.41, 5.74) is 6.44. The van der Waals surface area contributed by atoms with Crippen LogP contribution in [0.5, 0.6) is 0 Å². The van der Waals surface area contributed by atoms with E-state index in [2.05, 4.69) is 78.2 Å². The number of aromatic nitrogens is 1. The molecule has 4 nitrogen and oxygen atoms in total. The molecule has 0 aliphatic heterocycles. The molecule has 0 fully saturated rings. The lowest BCUT2D eigenvalue weighted by molar-refractivity contribution is -0.384.